The van der Waals surface area contributed by atoms with E-state index in [4.69, 9.17) is 0 Å². The molecule has 1 unspecified atom stereocenters. The fraction of sp³-hybridized carbons (Fsp3) is 0.455. The summed E-state index contributed by atoms with van der Waals surface area (Å²) < 4.78 is 0. The number of hydrogen-bond donors (Lipinski definition) is 0. The highest BCUT2D eigenvalue weighted by Gasteiger charge is 2.38. The highest BCUT2D eigenvalue weighted by molar-refractivity contribution is 7.07. The summed E-state index contributed by atoms with van der Waals surface area (Å²) in [6, 6.07) is 2.30. The summed E-state index contributed by atoms with van der Waals surface area (Å²) in [7, 11) is 0. The molecule has 3 rings (SSSR count). The summed E-state index contributed by atoms with van der Waals surface area (Å²) in [5, 5.41) is 4.52. The van der Waals surface area contributed by atoms with Crippen LogP contribution < -0.4 is 0 Å². The Bertz CT molecular complexity index is 283. The smallest absolute Gasteiger partial charge is 0.00279 e. The monoisotopic (exact) mass is 176 g/mol. The van der Waals surface area contributed by atoms with Crippen LogP contribution in [0.25, 0.3) is 0 Å². The molecule has 0 radical (unpaired) electrons. The Morgan fingerprint density at radius 3 is 2.42 bits per heavy atom. The van der Waals surface area contributed by atoms with Gasteiger partial charge in [0.1, 0.15) is 0 Å². The standard InChI is InChI=1S/C11H12S/c1-2-9-4-3-8(1)11(9)10-5-6-12-7-10/h1-2,5-9,11H,3-4H2/t8-,9+,11?. The van der Waals surface area contributed by atoms with Crippen LogP contribution in [0.15, 0.2) is 29.0 Å². The molecular weight excluding hydrogens is 164 g/mol. The molecule has 0 amide bonds. The summed E-state index contributed by atoms with van der Waals surface area (Å²) in [5.41, 5.74) is 1.58. The second-order valence-corrected chi connectivity index (χ2v) is 4.65. The molecule has 0 spiro atoms. The second kappa shape index (κ2) is 2.46. The lowest BCUT2D eigenvalue weighted by atomic mass is 9.91. The Hall–Kier alpha value is -0.560. The fourth-order valence-electron chi connectivity index (χ4n) is 2.74. The van der Waals surface area contributed by atoms with Crippen molar-refractivity contribution in [3.05, 3.63) is 34.5 Å². The lowest BCUT2D eigenvalue weighted by Gasteiger charge is -2.13. The molecular formula is C11H12S. The molecule has 1 fully saturated rings. The van der Waals surface area contributed by atoms with Crippen LogP contribution in [-0.2, 0) is 0 Å². The van der Waals surface area contributed by atoms with Gasteiger partial charge in [0.15, 0.2) is 0 Å². The average molecular weight is 176 g/mol. The van der Waals surface area contributed by atoms with E-state index < -0.39 is 0 Å². The number of thiophene rings is 1. The molecule has 62 valence electrons. The normalized spacial score (nSPS) is 37.8. The van der Waals surface area contributed by atoms with E-state index in [-0.39, 0.29) is 0 Å². The Morgan fingerprint density at radius 1 is 1.17 bits per heavy atom. The van der Waals surface area contributed by atoms with Crippen LogP contribution in [0.5, 0.6) is 0 Å². The third kappa shape index (κ3) is 0.831. The van der Waals surface area contributed by atoms with Crippen LogP contribution in [0.4, 0.5) is 0 Å². The van der Waals surface area contributed by atoms with Crippen molar-refractivity contribution < 1.29 is 0 Å². The van der Waals surface area contributed by atoms with Crippen LogP contribution in [0, 0.1) is 11.8 Å². The van der Waals surface area contributed by atoms with E-state index in [9.17, 15) is 0 Å². The Morgan fingerprint density at radius 2 is 1.92 bits per heavy atom. The van der Waals surface area contributed by atoms with E-state index in [2.05, 4.69) is 29.0 Å². The third-order valence-corrected chi connectivity index (χ3v) is 3.99. The van der Waals surface area contributed by atoms with Crippen molar-refractivity contribution in [3.8, 4) is 0 Å². The van der Waals surface area contributed by atoms with Crippen molar-refractivity contribution >= 4 is 11.3 Å². The molecule has 1 aromatic rings. The van der Waals surface area contributed by atoms with Crippen LogP contribution in [-0.4, -0.2) is 0 Å². The minimum absolute atomic E-state index is 0.844. The Kier molecular flexibility index (Phi) is 1.42. The molecule has 1 heterocycles. The first-order chi connectivity index (χ1) is 5.95. The van der Waals surface area contributed by atoms with Gasteiger partial charge in [-0.1, -0.05) is 12.2 Å². The van der Waals surface area contributed by atoms with Gasteiger partial charge >= 0.3 is 0 Å². The van der Waals surface area contributed by atoms with Crippen molar-refractivity contribution in [1.82, 2.24) is 0 Å². The predicted octanol–water partition coefficient (Wildman–Crippen LogP) is 3.43. The molecule has 0 N–H and O–H groups in total. The molecule has 0 aromatic carbocycles. The summed E-state index contributed by atoms with van der Waals surface area (Å²) in [5.74, 6) is 2.57. The van der Waals surface area contributed by atoms with Gasteiger partial charge in [-0.05, 0) is 53.0 Å². The first-order valence-electron chi connectivity index (χ1n) is 4.65. The topological polar surface area (TPSA) is 0 Å². The molecule has 0 nitrogen and oxygen atoms in total. The molecule has 0 saturated heterocycles. The number of fused-ring (bicyclic) bond motifs is 2. The summed E-state index contributed by atoms with van der Waals surface area (Å²) in [4.78, 5) is 0. The fourth-order valence-corrected chi connectivity index (χ4v) is 3.44. The van der Waals surface area contributed by atoms with E-state index in [1.165, 1.54) is 12.8 Å². The van der Waals surface area contributed by atoms with Crippen LogP contribution in [0.3, 0.4) is 0 Å². The molecule has 2 aliphatic carbocycles. The summed E-state index contributed by atoms with van der Waals surface area (Å²) in [6.45, 7) is 0. The predicted molar refractivity (Wildman–Crippen MR) is 52.4 cm³/mol. The first-order valence-corrected chi connectivity index (χ1v) is 5.60. The van der Waals surface area contributed by atoms with E-state index in [0.717, 1.165) is 17.8 Å². The number of allylic oxidation sites excluding steroid dienone is 2. The van der Waals surface area contributed by atoms with Gasteiger partial charge in [-0.3, -0.25) is 0 Å². The summed E-state index contributed by atoms with van der Waals surface area (Å²) >= 11 is 1.83. The third-order valence-electron chi connectivity index (χ3n) is 3.29. The first kappa shape index (κ1) is 6.90. The van der Waals surface area contributed by atoms with E-state index >= 15 is 0 Å². The molecule has 2 bridgehead atoms. The van der Waals surface area contributed by atoms with Crippen LogP contribution in [0.2, 0.25) is 0 Å². The van der Waals surface area contributed by atoms with Gasteiger partial charge in [-0.2, -0.15) is 11.3 Å². The minimum Gasteiger partial charge on any atom is -0.152 e. The Labute approximate surface area is 76.9 Å². The summed E-state index contributed by atoms with van der Waals surface area (Å²) in [6.07, 6.45) is 7.69. The quantitative estimate of drug-likeness (QED) is 0.575. The van der Waals surface area contributed by atoms with Crippen molar-refractivity contribution in [1.29, 1.82) is 0 Å². The molecule has 0 aliphatic heterocycles. The van der Waals surface area contributed by atoms with Crippen LogP contribution >= 0.6 is 11.3 Å². The maximum Gasteiger partial charge on any atom is -0.00279 e. The molecule has 1 aromatic heterocycles. The number of hydrogen-bond acceptors (Lipinski definition) is 1. The van der Waals surface area contributed by atoms with E-state index in [1.54, 1.807) is 5.56 Å². The molecule has 3 atom stereocenters. The SMILES string of the molecule is C1=C[C@H]2CC[C@@H]1C2c1ccsc1. The van der Waals surface area contributed by atoms with Gasteiger partial charge in [0.05, 0.1) is 0 Å². The van der Waals surface area contributed by atoms with Gasteiger partial charge < -0.3 is 0 Å². The zero-order valence-corrected chi connectivity index (χ0v) is 7.76. The van der Waals surface area contributed by atoms with Crippen molar-refractivity contribution in [2.45, 2.75) is 18.8 Å². The van der Waals surface area contributed by atoms with E-state index in [1.807, 2.05) is 11.3 Å². The van der Waals surface area contributed by atoms with Crippen molar-refractivity contribution in [2.75, 3.05) is 0 Å². The molecule has 1 heteroatoms. The van der Waals surface area contributed by atoms with Crippen molar-refractivity contribution in [3.63, 3.8) is 0 Å². The largest absolute Gasteiger partial charge is 0.152 e. The maximum atomic E-state index is 2.43. The lowest BCUT2D eigenvalue weighted by molar-refractivity contribution is 0.570. The average Bonchev–Trinajstić information content (AvgIpc) is 2.78. The highest BCUT2D eigenvalue weighted by Crippen LogP contribution is 2.50. The van der Waals surface area contributed by atoms with Gasteiger partial charge in [0.2, 0.25) is 0 Å². The zero-order valence-electron chi connectivity index (χ0n) is 6.94. The minimum atomic E-state index is 0.844. The Balaban J connectivity index is 1.97. The van der Waals surface area contributed by atoms with Gasteiger partial charge in [-0.25, -0.2) is 0 Å². The molecule has 12 heavy (non-hydrogen) atoms. The lowest BCUT2D eigenvalue weighted by Crippen LogP contribution is -2.02. The van der Waals surface area contributed by atoms with Crippen molar-refractivity contribution in [2.24, 2.45) is 11.8 Å². The van der Waals surface area contributed by atoms with Gasteiger partial charge in [0, 0.05) is 0 Å². The molecule has 1 saturated carbocycles. The van der Waals surface area contributed by atoms with Crippen LogP contribution in [0.1, 0.15) is 24.3 Å². The zero-order chi connectivity index (χ0) is 7.97. The highest BCUT2D eigenvalue weighted by atomic mass is 32.1. The second-order valence-electron chi connectivity index (χ2n) is 3.87. The van der Waals surface area contributed by atoms with E-state index in [0.29, 0.717) is 0 Å². The number of rotatable bonds is 1. The van der Waals surface area contributed by atoms with Gasteiger partial charge in [0.25, 0.3) is 0 Å². The van der Waals surface area contributed by atoms with Gasteiger partial charge in [-0.15, -0.1) is 0 Å². The molecule has 2 aliphatic rings. The maximum absolute atomic E-state index is 2.43.